The molecule has 24 heavy (non-hydrogen) atoms. The Morgan fingerprint density at radius 2 is 1.42 bits per heavy atom. The molecule has 2 aromatic carbocycles. The maximum atomic E-state index is 11.0. The summed E-state index contributed by atoms with van der Waals surface area (Å²) in [4.78, 5) is 21.5. The van der Waals surface area contributed by atoms with E-state index in [0.29, 0.717) is 22.4 Å². The smallest absolute Gasteiger partial charge is 0.337 e. The Hall–Kier alpha value is -3.02. The summed E-state index contributed by atoms with van der Waals surface area (Å²) in [6, 6.07) is 11.6. The predicted molar refractivity (Wildman–Crippen MR) is 89.0 cm³/mol. The molecule has 0 heterocycles. The van der Waals surface area contributed by atoms with Gasteiger partial charge in [0.05, 0.1) is 32.5 Å². The molecule has 1 N–H and O–H groups in total. The molecule has 0 aromatic heterocycles. The molecule has 6 nitrogen and oxygen atoms in total. The van der Waals surface area contributed by atoms with Crippen molar-refractivity contribution in [3.63, 3.8) is 0 Å². The van der Waals surface area contributed by atoms with E-state index in [-0.39, 0.29) is 5.97 Å². The number of aryl methyl sites for hydroxylation is 1. The summed E-state index contributed by atoms with van der Waals surface area (Å²) >= 11 is 0. The van der Waals surface area contributed by atoms with Crippen molar-refractivity contribution in [1.29, 1.82) is 0 Å². The molecule has 0 saturated carbocycles. The molecule has 2 rings (SSSR count). The molecule has 128 valence electrons. The first kappa shape index (κ1) is 19.0. The SMILES string of the molecule is COC(=O)c1ccc(OC)cc1.COc1ccc(C(=O)O)c(C)c1. The Morgan fingerprint density at radius 1 is 0.875 bits per heavy atom. The second-order valence-electron chi connectivity index (χ2n) is 4.71. The monoisotopic (exact) mass is 332 g/mol. The molecule has 0 atom stereocenters. The van der Waals surface area contributed by atoms with E-state index in [1.807, 2.05) is 0 Å². The lowest BCUT2D eigenvalue weighted by Crippen LogP contribution is -2.00. The first-order valence-corrected chi connectivity index (χ1v) is 7.03. The minimum Gasteiger partial charge on any atom is -0.497 e. The van der Waals surface area contributed by atoms with Crippen LogP contribution >= 0.6 is 0 Å². The predicted octanol–water partition coefficient (Wildman–Crippen LogP) is 3.18. The van der Waals surface area contributed by atoms with Crippen LogP contribution in [0.3, 0.4) is 0 Å². The Balaban J connectivity index is 0.000000240. The highest BCUT2D eigenvalue weighted by Gasteiger charge is 2.06. The highest BCUT2D eigenvalue weighted by Crippen LogP contribution is 2.16. The van der Waals surface area contributed by atoms with E-state index in [9.17, 15) is 9.59 Å². The van der Waals surface area contributed by atoms with Crippen LogP contribution in [0.1, 0.15) is 26.3 Å². The fourth-order valence-corrected chi connectivity index (χ4v) is 1.85. The van der Waals surface area contributed by atoms with Crippen LogP contribution in [0, 0.1) is 6.92 Å². The summed E-state index contributed by atoms with van der Waals surface area (Å²) in [5, 5.41) is 8.69. The number of methoxy groups -OCH3 is 3. The second kappa shape index (κ2) is 9.19. The zero-order valence-corrected chi connectivity index (χ0v) is 14.0. The molecule has 0 unspecified atom stereocenters. The number of carboxylic acids is 1. The zero-order valence-electron chi connectivity index (χ0n) is 14.0. The van der Waals surface area contributed by atoms with Gasteiger partial charge in [-0.15, -0.1) is 0 Å². The van der Waals surface area contributed by atoms with Crippen LogP contribution in [0.15, 0.2) is 42.5 Å². The van der Waals surface area contributed by atoms with Gasteiger partial charge in [-0.3, -0.25) is 0 Å². The third kappa shape index (κ3) is 5.31. The maximum absolute atomic E-state index is 11.0. The Morgan fingerprint density at radius 3 is 1.83 bits per heavy atom. The van der Waals surface area contributed by atoms with Crippen molar-refractivity contribution in [2.45, 2.75) is 6.92 Å². The van der Waals surface area contributed by atoms with Gasteiger partial charge in [0.15, 0.2) is 0 Å². The Bertz CT molecular complexity index is 691. The number of hydrogen-bond donors (Lipinski definition) is 1. The normalized spacial score (nSPS) is 9.33. The van der Waals surface area contributed by atoms with E-state index >= 15 is 0 Å². The molecular weight excluding hydrogens is 312 g/mol. The number of benzene rings is 2. The molecule has 0 aliphatic heterocycles. The van der Waals surface area contributed by atoms with Gasteiger partial charge in [-0.25, -0.2) is 9.59 Å². The highest BCUT2D eigenvalue weighted by atomic mass is 16.5. The fraction of sp³-hybridized carbons (Fsp3) is 0.222. The molecule has 0 radical (unpaired) electrons. The molecule has 0 aliphatic rings. The molecule has 0 saturated heterocycles. The van der Waals surface area contributed by atoms with Crippen LogP contribution in [0.2, 0.25) is 0 Å². The summed E-state index contributed by atoms with van der Waals surface area (Å²) in [5.41, 5.74) is 1.55. The van der Waals surface area contributed by atoms with Crippen LogP contribution in [-0.4, -0.2) is 38.4 Å². The Kier molecular flexibility index (Phi) is 7.29. The van der Waals surface area contributed by atoms with Gasteiger partial charge in [0.2, 0.25) is 0 Å². The largest absolute Gasteiger partial charge is 0.497 e. The number of ether oxygens (including phenoxy) is 3. The molecule has 0 amide bonds. The van der Waals surface area contributed by atoms with Crippen LogP contribution in [0.25, 0.3) is 0 Å². The van der Waals surface area contributed by atoms with Crippen molar-refractivity contribution >= 4 is 11.9 Å². The van der Waals surface area contributed by atoms with Crippen molar-refractivity contribution in [2.75, 3.05) is 21.3 Å². The summed E-state index contributed by atoms with van der Waals surface area (Å²) in [6.45, 7) is 1.74. The minimum absolute atomic E-state index is 0.316. The number of hydrogen-bond acceptors (Lipinski definition) is 5. The van der Waals surface area contributed by atoms with Gasteiger partial charge in [0.25, 0.3) is 0 Å². The second-order valence-corrected chi connectivity index (χ2v) is 4.71. The van der Waals surface area contributed by atoms with E-state index < -0.39 is 5.97 Å². The van der Waals surface area contributed by atoms with Gasteiger partial charge in [-0.1, -0.05) is 0 Å². The number of carbonyl (C=O) groups excluding carboxylic acids is 1. The quantitative estimate of drug-likeness (QED) is 0.866. The van der Waals surface area contributed by atoms with Crippen molar-refractivity contribution in [2.24, 2.45) is 0 Å². The first-order valence-electron chi connectivity index (χ1n) is 7.03. The van der Waals surface area contributed by atoms with Gasteiger partial charge in [0.1, 0.15) is 11.5 Å². The fourth-order valence-electron chi connectivity index (χ4n) is 1.85. The summed E-state index contributed by atoms with van der Waals surface area (Å²) in [6.07, 6.45) is 0. The zero-order chi connectivity index (χ0) is 18.1. The molecular formula is C18H20O6. The van der Waals surface area contributed by atoms with Crippen LogP contribution in [0.5, 0.6) is 11.5 Å². The van der Waals surface area contributed by atoms with Crippen molar-refractivity contribution in [3.05, 3.63) is 59.2 Å². The summed E-state index contributed by atoms with van der Waals surface area (Å²) in [5.74, 6) is 0.160. The lowest BCUT2D eigenvalue weighted by Gasteiger charge is -2.03. The lowest BCUT2D eigenvalue weighted by molar-refractivity contribution is 0.0599. The molecule has 0 aliphatic carbocycles. The number of rotatable bonds is 4. The van der Waals surface area contributed by atoms with E-state index in [2.05, 4.69) is 4.74 Å². The van der Waals surface area contributed by atoms with E-state index in [4.69, 9.17) is 14.6 Å². The summed E-state index contributed by atoms with van der Waals surface area (Å²) < 4.78 is 14.4. The maximum Gasteiger partial charge on any atom is 0.337 e. The number of carbonyl (C=O) groups is 2. The molecule has 6 heteroatoms. The highest BCUT2D eigenvalue weighted by molar-refractivity contribution is 5.89. The van der Waals surface area contributed by atoms with Gasteiger partial charge in [-0.2, -0.15) is 0 Å². The van der Waals surface area contributed by atoms with Crippen LogP contribution in [0.4, 0.5) is 0 Å². The number of carboxylic acid groups (broad SMARTS) is 1. The molecule has 2 aromatic rings. The van der Waals surface area contributed by atoms with Gasteiger partial charge >= 0.3 is 11.9 Å². The first-order chi connectivity index (χ1) is 11.4. The minimum atomic E-state index is -0.907. The van der Waals surface area contributed by atoms with Crippen LogP contribution in [-0.2, 0) is 4.74 Å². The summed E-state index contributed by atoms with van der Waals surface area (Å²) in [7, 11) is 4.48. The number of aromatic carboxylic acids is 1. The van der Waals surface area contributed by atoms with Crippen molar-refractivity contribution < 1.29 is 28.9 Å². The average Bonchev–Trinajstić information content (AvgIpc) is 2.61. The third-order valence-electron chi connectivity index (χ3n) is 3.18. The molecule has 0 bridgehead atoms. The Labute approximate surface area is 140 Å². The topological polar surface area (TPSA) is 82.1 Å². The lowest BCUT2D eigenvalue weighted by atomic mass is 10.1. The van der Waals surface area contributed by atoms with Crippen LogP contribution < -0.4 is 9.47 Å². The van der Waals surface area contributed by atoms with E-state index in [1.165, 1.54) is 13.2 Å². The molecule has 0 fully saturated rings. The van der Waals surface area contributed by atoms with Crippen molar-refractivity contribution in [3.8, 4) is 11.5 Å². The van der Waals surface area contributed by atoms with Gasteiger partial charge < -0.3 is 19.3 Å². The van der Waals surface area contributed by atoms with Gasteiger partial charge in [-0.05, 0) is 55.0 Å². The third-order valence-corrected chi connectivity index (χ3v) is 3.18. The van der Waals surface area contributed by atoms with E-state index in [0.717, 1.165) is 5.75 Å². The molecule has 0 spiro atoms. The average molecular weight is 332 g/mol. The van der Waals surface area contributed by atoms with Gasteiger partial charge in [0, 0.05) is 0 Å². The number of esters is 1. The standard InChI is InChI=1S/2C9H10O3/c1-11-8-5-3-7(4-6-8)9(10)12-2;1-6-5-7(12-2)3-4-8(6)9(10)11/h3-6H,1-2H3;3-5H,1-2H3,(H,10,11). The van der Waals surface area contributed by atoms with Crippen molar-refractivity contribution in [1.82, 2.24) is 0 Å². The van der Waals surface area contributed by atoms with E-state index in [1.54, 1.807) is 57.5 Å².